The molecule has 0 aromatic heterocycles. The summed E-state index contributed by atoms with van der Waals surface area (Å²) in [6, 6.07) is 7.15. The molecule has 0 aliphatic carbocycles. The van der Waals surface area contributed by atoms with Gasteiger partial charge in [0.1, 0.15) is 0 Å². The minimum Gasteiger partial charge on any atom is -0.386 e. The summed E-state index contributed by atoms with van der Waals surface area (Å²) in [6.07, 6.45) is 0.812. The van der Waals surface area contributed by atoms with E-state index in [-0.39, 0.29) is 17.9 Å². The molecule has 20 heavy (non-hydrogen) atoms. The molecule has 1 aliphatic rings. The Hall–Kier alpha value is -0.910. The molecule has 0 saturated carbocycles. The lowest BCUT2D eigenvalue weighted by Gasteiger charge is -2.26. The molecule has 0 radical (unpaired) electrons. The summed E-state index contributed by atoms with van der Waals surface area (Å²) in [7, 11) is 0. The molecule has 4 nitrogen and oxygen atoms in total. The van der Waals surface area contributed by atoms with Gasteiger partial charge >= 0.3 is 0 Å². The number of hydrogen-bond donors (Lipinski definition) is 2. The highest BCUT2D eigenvalue weighted by molar-refractivity contribution is 9.10. The first kappa shape index (κ1) is 15.5. The monoisotopic (exact) mass is 341 g/mol. The highest BCUT2D eigenvalue weighted by atomic mass is 79.9. The largest absolute Gasteiger partial charge is 0.386 e. The van der Waals surface area contributed by atoms with Crippen molar-refractivity contribution in [3.05, 3.63) is 34.3 Å². The van der Waals surface area contributed by atoms with E-state index in [0.717, 1.165) is 22.9 Å². The van der Waals surface area contributed by atoms with Crippen molar-refractivity contribution < 1.29 is 14.6 Å². The third-order valence-electron chi connectivity index (χ3n) is 3.65. The van der Waals surface area contributed by atoms with Crippen LogP contribution < -0.4 is 5.32 Å². The van der Waals surface area contributed by atoms with Crippen LogP contribution in [0.1, 0.15) is 31.4 Å². The second kappa shape index (κ2) is 7.20. The number of carbonyl (C=O) groups excluding carboxylic acids is 1. The number of benzene rings is 1. The van der Waals surface area contributed by atoms with Crippen LogP contribution in [0.15, 0.2) is 28.7 Å². The quantitative estimate of drug-likeness (QED) is 0.884. The van der Waals surface area contributed by atoms with Gasteiger partial charge in [0.25, 0.3) is 0 Å². The zero-order chi connectivity index (χ0) is 14.5. The predicted molar refractivity (Wildman–Crippen MR) is 80.2 cm³/mol. The lowest BCUT2D eigenvalue weighted by Crippen LogP contribution is -2.42. The van der Waals surface area contributed by atoms with Gasteiger partial charge in [-0.2, -0.15) is 0 Å². The summed E-state index contributed by atoms with van der Waals surface area (Å²) in [5, 5.41) is 13.2. The molecule has 0 bridgehead atoms. The molecule has 1 aromatic rings. The van der Waals surface area contributed by atoms with E-state index >= 15 is 0 Å². The highest BCUT2D eigenvalue weighted by Crippen LogP contribution is 2.21. The van der Waals surface area contributed by atoms with Crippen LogP contribution >= 0.6 is 15.9 Å². The Kier molecular flexibility index (Phi) is 5.57. The van der Waals surface area contributed by atoms with Crippen LogP contribution in [0.4, 0.5) is 0 Å². The summed E-state index contributed by atoms with van der Waals surface area (Å²) in [5.41, 5.74) is 0.799. The normalized spacial score (nSPS) is 19.4. The number of nitrogens with one attached hydrogen (secondary N) is 1. The number of ether oxygens (including phenoxy) is 1. The summed E-state index contributed by atoms with van der Waals surface area (Å²) >= 11 is 3.36. The number of aliphatic hydroxyl groups is 1. The maximum atomic E-state index is 12.1. The van der Waals surface area contributed by atoms with E-state index in [1.54, 1.807) is 0 Å². The van der Waals surface area contributed by atoms with Crippen LogP contribution in [-0.2, 0) is 9.53 Å². The maximum Gasteiger partial charge on any atom is 0.223 e. The van der Waals surface area contributed by atoms with E-state index in [1.165, 1.54) is 0 Å². The molecule has 2 unspecified atom stereocenters. The van der Waals surface area contributed by atoms with Crippen molar-refractivity contribution >= 4 is 21.8 Å². The summed E-state index contributed by atoms with van der Waals surface area (Å²) in [4.78, 5) is 12.1. The molecule has 1 aromatic carbocycles. The first-order valence-corrected chi connectivity index (χ1v) is 7.69. The second-order valence-electron chi connectivity index (χ2n) is 5.18. The van der Waals surface area contributed by atoms with Crippen molar-refractivity contribution in [1.29, 1.82) is 0 Å². The van der Waals surface area contributed by atoms with E-state index in [9.17, 15) is 9.90 Å². The third-order valence-corrected chi connectivity index (χ3v) is 4.18. The van der Waals surface area contributed by atoms with Gasteiger partial charge in [-0.05, 0) is 37.5 Å². The molecule has 1 fully saturated rings. The Balaban J connectivity index is 1.91. The molecule has 1 heterocycles. The Bertz CT molecular complexity index is 443. The maximum absolute atomic E-state index is 12.1. The van der Waals surface area contributed by atoms with E-state index < -0.39 is 6.10 Å². The molecular weight excluding hydrogens is 322 g/mol. The smallest absolute Gasteiger partial charge is 0.223 e. The van der Waals surface area contributed by atoms with Gasteiger partial charge in [0.2, 0.25) is 5.91 Å². The molecule has 2 atom stereocenters. The topological polar surface area (TPSA) is 58.6 Å². The van der Waals surface area contributed by atoms with Gasteiger partial charge in [0.15, 0.2) is 0 Å². The van der Waals surface area contributed by atoms with Crippen LogP contribution in [0, 0.1) is 5.92 Å². The molecule has 5 heteroatoms. The van der Waals surface area contributed by atoms with Crippen molar-refractivity contribution in [2.24, 2.45) is 5.92 Å². The Morgan fingerprint density at radius 2 is 1.95 bits per heavy atom. The number of hydrogen-bond acceptors (Lipinski definition) is 3. The average molecular weight is 342 g/mol. The highest BCUT2D eigenvalue weighted by Gasteiger charge is 2.25. The third kappa shape index (κ3) is 4.04. The number of halogens is 1. The number of aliphatic hydroxyl groups excluding tert-OH is 1. The Labute approximate surface area is 127 Å². The lowest BCUT2D eigenvalue weighted by atomic mass is 9.97. The molecular formula is C15H20BrNO3. The van der Waals surface area contributed by atoms with Crippen molar-refractivity contribution in [2.75, 3.05) is 13.2 Å². The van der Waals surface area contributed by atoms with Gasteiger partial charge < -0.3 is 15.2 Å². The van der Waals surface area contributed by atoms with Gasteiger partial charge in [-0.1, -0.05) is 28.1 Å². The van der Waals surface area contributed by atoms with Crippen LogP contribution in [-0.4, -0.2) is 30.3 Å². The Morgan fingerprint density at radius 1 is 1.35 bits per heavy atom. The van der Waals surface area contributed by atoms with E-state index in [1.807, 2.05) is 31.2 Å². The second-order valence-corrected chi connectivity index (χ2v) is 6.10. The van der Waals surface area contributed by atoms with E-state index in [4.69, 9.17) is 4.74 Å². The molecule has 2 rings (SSSR count). The predicted octanol–water partition coefficient (Wildman–Crippen LogP) is 2.41. The minimum absolute atomic E-state index is 0.00307. The fourth-order valence-electron chi connectivity index (χ4n) is 2.33. The van der Waals surface area contributed by atoms with Gasteiger partial charge in [-0.15, -0.1) is 0 Å². The van der Waals surface area contributed by atoms with Gasteiger partial charge in [0, 0.05) is 23.6 Å². The van der Waals surface area contributed by atoms with Crippen LogP contribution in [0.5, 0.6) is 0 Å². The molecule has 2 N–H and O–H groups in total. The number of carbonyl (C=O) groups is 1. The Morgan fingerprint density at radius 3 is 2.55 bits per heavy atom. The van der Waals surface area contributed by atoms with Crippen molar-refractivity contribution in [3.63, 3.8) is 0 Å². The van der Waals surface area contributed by atoms with Gasteiger partial charge in [-0.3, -0.25) is 4.79 Å². The summed E-state index contributed by atoms with van der Waals surface area (Å²) in [6.45, 7) is 3.10. The van der Waals surface area contributed by atoms with Crippen LogP contribution in [0.2, 0.25) is 0 Å². The number of rotatable bonds is 4. The SMILES string of the molecule is CC(NC(=O)C1CCOCC1)C(O)c1ccc(Br)cc1. The van der Waals surface area contributed by atoms with Crippen molar-refractivity contribution in [1.82, 2.24) is 5.32 Å². The zero-order valence-electron chi connectivity index (χ0n) is 11.5. The van der Waals surface area contributed by atoms with E-state index in [0.29, 0.717) is 13.2 Å². The molecule has 1 saturated heterocycles. The van der Waals surface area contributed by atoms with Crippen LogP contribution in [0.3, 0.4) is 0 Å². The summed E-state index contributed by atoms with van der Waals surface area (Å²) < 4.78 is 6.21. The zero-order valence-corrected chi connectivity index (χ0v) is 13.1. The van der Waals surface area contributed by atoms with Crippen LogP contribution in [0.25, 0.3) is 0 Å². The fourth-order valence-corrected chi connectivity index (χ4v) is 2.59. The minimum atomic E-state index is -0.702. The van der Waals surface area contributed by atoms with Gasteiger partial charge in [0.05, 0.1) is 12.1 Å². The van der Waals surface area contributed by atoms with Gasteiger partial charge in [-0.25, -0.2) is 0 Å². The average Bonchev–Trinajstić information content (AvgIpc) is 2.48. The molecule has 1 aliphatic heterocycles. The fraction of sp³-hybridized carbons (Fsp3) is 0.533. The first-order chi connectivity index (χ1) is 9.58. The number of amides is 1. The van der Waals surface area contributed by atoms with Crippen molar-refractivity contribution in [3.8, 4) is 0 Å². The first-order valence-electron chi connectivity index (χ1n) is 6.89. The molecule has 110 valence electrons. The standard InChI is InChI=1S/C15H20BrNO3/c1-10(14(18)11-2-4-13(16)5-3-11)17-15(19)12-6-8-20-9-7-12/h2-5,10,12,14,18H,6-9H2,1H3,(H,17,19). The lowest BCUT2D eigenvalue weighted by molar-refractivity contribution is -0.129. The van der Waals surface area contributed by atoms with E-state index in [2.05, 4.69) is 21.2 Å². The summed E-state index contributed by atoms with van der Waals surface area (Å²) in [5.74, 6) is 0.0141. The van der Waals surface area contributed by atoms with Crippen molar-refractivity contribution in [2.45, 2.75) is 31.9 Å². The molecule has 1 amide bonds. The molecule has 0 spiro atoms.